The summed E-state index contributed by atoms with van der Waals surface area (Å²) in [6.07, 6.45) is -0.648. The number of nitrogens with zero attached hydrogens (tertiary/aromatic N) is 1. The second-order valence-electron chi connectivity index (χ2n) is 4.78. The zero-order chi connectivity index (χ0) is 16.7. The minimum absolute atomic E-state index is 0.0729. The summed E-state index contributed by atoms with van der Waals surface area (Å²) in [6.45, 7) is 0.0729. The minimum atomic E-state index is -0.926. The molecule has 1 aliphatic rings. The maximum Gasteiger partial charge on any atom is 0.533 e. The van der Waals surface area contributed by atoms with E-state index in [-0.39, 0.29) is 36.7 Å². The Labute approximate surface area is 137 Å². The second kappa shape index (κ2) is 8.42. The van der Waals surface area contributed by atoms with E-state index in [0.29, 0.717) is 5.75 Å². The first kappa shape index (κ1) is 17.1. The Balaban J connectivity index is 1.71. The van der Waals surface area contributed by atoms with Gasteiger partial charge in [0.1, 0.15) is 6.61 Å². The molecule has 7 nitrogen and oxygen atoms in total. The van der Waals surface area contributed by atoms with E-state index in [9.17, 15) is 14.4 Å². The van der Waals surface area contributed by atoms with Crippen LogP contribution in [0.15, 0.2) is 30.3 Å². The fourth-order valence-corrected chi connectivity index (χ4v) is 2.81. The molecule has 1 amide bonds. The summed E-state index contributed by atoms with van der Waals surface area (Å²) in [6, 6.07) is 8.90. The second-order valence-corrected chi connectivity index (χ2v) is 5.81. The molecule has 1 aromatic carbocycles. The van der Waals surface area contributed by atoms with Crippen LogP contribution >= 0.6 is 11.8 Å². The number of ether oxygens (including phenoxy) is 2. The van der Waals surface area contributed by atoms with E-state index in [1.54, 1.807) is 0 Å². The minimum Gasteiger partial charge on any atom is -0.468 e. The predicted octanol–water partition coefficient (Wildman–Crippen LogP) is 1.76. The van der Waals surface area contributed by atoms with Gasteiger partial charge >= 0.3 is 12.1 Å². The average Bonchev–Trinajstić information content (AvgIpc) is 2.57. The SMILES string of the molecule is COC(=O)CSCC1CC(=O)N1OC(=O)OCc1ccccc1. The van der Waals surface area contributed by atoms with Gasteiger partial charge in [-0.3, -0.25) is 9.59 Å². The van der Waals surface area contributed by atoms with Crippen molar-refractivity contribution in [3.63, 3.8) is 0 Å². The molecule has 1 saturated heterocycles. The van der Waals surface area contributed by atoms with E-state index >= 15 is 0 Å². The van der Waals surface area contributed by atoms with E-state index in [1.165, 1.54) is 18.9 Å². The van der Waals surface area contributed by atoms with Crippen molar-refractivity contribution < 1.29 is 28.7 Å². The van der Waals surface area contributed by atoms with Crippen LogP contribution < -0.4 is 0 Å². The van der Waals surface area contributed by atoms with Crippen molar-refractivity contribution in [1.29, 1.82) is 0 Å². The van der Waals surface area contributed by atoms with E-state index in [4.69, 9.17) is 9.57 Å². The van der Waals surface area contributed by atoms with E-state index in [2.05, 4.69) is 4.74 Å². The summed E-state index contributed by atoms with van der Waals surface area (Å²) in [5, 5.41) is 0.998. The molecule has 0 saturated carbocycles. The first-order valence-corrected chi connectivity index (χ1v) is 8.11. The van der Waals surface area contributed by atoms with Gasteiger partial charge in [-0.2, -0.15) is 5.06 Å². The first-order valence-electron chi connectivity index (χ1n) is 6.95. The molecule has 0 aliphatic carbocycles. The van der Waals surface area contributed by atoms with Gasteiger partial charge in [0.25, 0.3) is 5.91 Å². The van der Waals surface area contributed by atoms with Crippen molar-refractivity contribution in [2.75, 3.05) is 18.6 Å². The molecule has 0 N–H and O–H groups in total. The number of amides is 1. The summed E-state index contributed by atoms with van der Waals surface area (Å²) >= 11 is 1.31. The van der Waals surface area contributed by atoms with Gasteiger partial charge < -0.3 is 14.3 Å². The van der Waals surface area contributed by atoms with Crippen molar-refractivity contribution in [2.24, 2.45) is 0 Å². The van der Waals surface area contributed by atoms with Crippen LogP contribution in [-0.2, 0) is 30.5 Å². The molecule has 0 bridgehead atoms. The zero-order valence-corrected chi connectivity index (χ0v) is 13.4. The van der Waals surface area contributed by atoms with Crippen LogP contribution in [0.1, 0.15) is 12.0 Å². The largest absolute Gasteiger partial charge is 0.533 e. The maximum absolute atomic E-state index is 11.6. The molecule has 1 unspecified atom stereocenters. The van der Waals surface area contributed by atoms with Gasteiger partial charge in [-0.05, 0) is 5.56 Å². The molecule has 0 radical (unpaired) electrons. The molecule has 124 valence electrons. The van der Waals surface area contributed by atoms with Crippen molar-refractivity contribution in [2.45, 2.75) is 19.1 Å². The van der Waals surface area contributed by atoms with Crippen LogP contribution in [0, 0.1) is 0 Å². The van der Waals surface area contributed by atoms with Gasteiger partial charge in [-0.1, -0.05) is 30.3 Å². The standard InChI is InChI=1S/C15H17NO6S/c1-20-14(18)10-23-9-12-7-13(17)16(12)22-15(19)21-8-11-5-3-2-4-6-11/h2-6,12H,7-10H2,1H3. The molecule has 1 aliphatic heterocycles. The molecular weight excluding hydrogens is 322 g/mol. The number of benzene rings is 1. The molecule has 0 spiro atoms. The molecule has 8 heteroatoms. The molecule has 1 fully saturated rings. The number of methoxy groups -OCH3 is 1. The summed E-state index contributed by atoms with van der Waals surface area (Å²) in [4.78, 5) is 39.0. The number of hydroxylamine groups is 2. The summed E-state index contributed by atoms with van der Waals surface area (Å²) in [5.74, 6) is 0.0426. The fraction of sp³-hybridized carbons (Fsp3) is 0.400. The van der Waals surface area contributed by atoms with Crippen molar-refractivity contribution in [3.05, 3.63) is 35.9 Å². The highest BCUT2D eigenvalue weighted by Gasteiger charge is 2.40. The van der Waals surface area contributed by atoms with Gasteiger partial charge in [-0.25, -0.2) is 4.79 Å². The van der Waals surface area contributed by atoms with Gasteiger partial charge in [0.05, 0.1) is 25.3 Å². The van der Waals surface area contributed by atoms with Gasteiger partial charge in [0.2, 0.25) is 0 Å². The first-order chi connectivity index (χ1) is 11.1. The molecule has 1 heterocycles. The monoisotopic (exact) mass is 339 g/mol. The van der Waals surface area contributed by atoms with Gasteiger partial charge in [0.15, 0.2) is 0 Å². The lowest BCUT2D eigenvalue weighted by atomic mass is 10.1. The lowest BCUT2D eigenvalue weighted by molar-refractivity contribution is -0.206. The Hall–Kier alpha value is -2.22. The van der Waals surface area contributed by atoms with Gasteiger partial charge in [0, 0.05) is 5.75 Å². The van der Waals surface area contributed by atoms with E-state index < -0.39 is 6.16 Å². The highest BCUT2D eigenvalue weighted by atomic mass is 32.2. The number of rotatable bonds is 7. The molecule has 1 atom stereocenters. The molecular formula is C15H17NO6S. The Morgan fingerprint density at radius 1 is 1.30 bits per heavy atom. The highest BCUT2D eigenvalue weighted by Crippen LogP contribution is 2.24. The third kappa shape index (κ3) is 5.17. The predicted molar refractivity (Wildman–Crippen MR) is 82.3 cm³/mol. The van der Waals surface area contributed by atoms with Crippen LogP contribution in [0.5, 0.6) is 0 Å². The number of hydrogen-bond donors (Lipinski definition) is 0. The lowest BCUT2D eigenvalue weighted by Crippen LogP contribution is -2.54. The topological polar surface area (TPSA) is 82.1 Å². The van der Waals surface area contributed by atoms with Crippen molar-refractivity contribution in [3.8, 4) is 0 Å². The Morgan fingerprint density at radius 2 is 2.04 bits per heavy atom. The number of β-lactam (4-membered cyclic amide) rings is 1. The summed E-state index contributed by atoms with van der Waals surface area (Å²) < 4.78 is 9.48. The van der Waals surface area contributed by atoms with Crippen molar-refractivity contribution >= 4 is 29.8 Å². The normalized spacial score (nSPS) is 16.5. The number of esters is 1. The third-order valence-corrected chi connectivity index (χ3v) is 4.18. The third-order valence-electron chi connectivity index (χ3n) is 3.12. The Kier molecular flexibility index (Phi) is 6.28. The van der Waals surface area contributed by atoms with Crippen LogP contribution in [0.3, 0.4) is 0 Å². The smallest absolute Gasteiger partial charge is 0.468 e. The average molecular weight is 339 g/mol. The highest BCUT2D eigenvalue weighted by molar-refractivity contribution is 7.99. The Morgan fingerprint density at radius 3 is 2.70 bits per heavy atom. The van der Waals surface area contributed by atoms with Gasteiger partial charge in [-0.15, -0.1) is 11.8 Å². The van der Waals surface area contributed by atoms with Crippen LogP contribution in [0.4, 0.5) is 4.79 Å². The summed E-state index contributed by atoms with van der Waals surface area (Å²) in [5.41, 5.74) is 0.824. The molecule has 2 rings (SSSR count). The zero-order valence-electron chi connectivity index (χ0n) is 12.6. The van der Waals surface area contributed by atoms with Crippen molar-refractivity contribution in [1.82, 2.24) is 5.06 Å². The lowest BCUT2D eigenvalue weighted by Gasteiger charge is -2.36. The Bertz CT molecular complexity index is 564. The number of thioether (sulfide) groups is 1. The van der Waals surface area contributed by atoms with E-state index in [0.717, 1.165) is 10.6 Å². The number of hydrogen-bond acceptors (Lipinski definition) is 7. The quantitative estimate of drug-likeness (QED) is 0.553. The van der Waals surface area contributed by atoms with Crippen LogP contribution in [0.25, 0.3) is 0 Å². The molecule has 1 aromatic rings. The number of carbonyl (C=O) groups is 3. The number of carbonyl (C=O) groups excluding carboxylic acids is 3. The van der Waals surface area contributed by atoms with Crippen LogP contribution in [0.2, 0.25) is 0 Å². The maximum atomic E-state index is 11.6. The fourth-order valence-electron chi connectivity index (χ4n) is 1.88. The van der Waals surface area contributed by atoms with Crippen LogP contribution in [-0.4, -0.2) is 47.8 Å². The molecule has 0 aromatic heterocycles. The summed E-state index contributed by atoms with van der Waals surface area (Å²) in [7, 11) is 1.31. The molecule has 23 heavy (non-hydrogen) atoms. The van der Waals surface area contributed by atoms with E-state index in [1.807, 2.05) is 30.3 Å².